The summed E-state index contributed by atoms with van der Waals surface area (Å²) in [6, 6.07) is 14.2. The Kier molecular flexibility index (Phi) is 6.70. The van der Waals surface area contributed by atoms with Crippen molar-refractivity contribution in [2.45, 2.75) is 24.7 Å². The van der Waals surface area contributed by atoms with Crippen LogP contribution in [0, 0.1) is 36.7 Å². The van der Waals surface area contributed by atoms with Gasteiger partial charge in [0, 0.05) is 6.42 Å². The van der Waals surface area contributed by atoms with Gasteiger partial charge in [-0.2, -0.15) is 0 Å². The number of fused-ring (bicyclic) bond motifs is 1. The summed E-state index contributed by atoms with van der Waals surface area (Å²) < 4.78 is 5.72. The molecule has 1 aliphatic rings. The maximum Gasteiger partial charge on any atom is 0.394 e. The minimum absolute atomic E-state index is 0.136. The topological polar surface area (TPSA) is 49.7 Å². The highest BCUT2D eigenvalue weighted by Gasteiger charge is 2.34. The van der Waals surface area contributed by atoms with Crippen molar-refractivity contribution in [2.24, 2.45) is 0 Å². The third-order valence-corrected chi connectivity index (χ3v) is 4.07. The van der Waals surface area contributed by atoms with Gasteiger partial charge in [0.2, 0.25) is 0 Å². The molecule has 25 heavy (non-hydrogen) atoms. The summed E-state index contributed by atoms with van der Waals surface area (Å²) in [5.41, 5.74) is 1.09. The van der Waals surface area contributed by atoms with Gasteiger partial charge in [0.25, 0.3) is 0 Å². The van der Waals surface area contributed by atoms with Gasteiger partial charge in [-0.05, 0) is 16.3 Å². The van der Waals surface area contributed by atoms with Crippen molar-refractivity contribution in [1.82, 2.24) is 0 Å². The smallest absolute Gasteiger partial charge is 0.394 e. The Balaban J connectivity index is 0.000000277. The fourth-order valence-electron chi connectivity index (χ4n) is 2.77. The zero-order valence-electron chi connectivity index (χ0n) is 13.8. The largest absolute Gasteiger partial charge is 0.394 e. The number of rotatable bonds is 2. The SMILES string of the molecule is C#CB(C#C)C#C.OC[C@H]1O[C@@H](c2cccc3ccccc23)CC1O. The van der Waals surface area contributed by atoms with Crippen LogP contribution in [0.25, 0.3) is 10.8 Å². The standard InChI is InChI=1S/C15H16O3.C6H3B/c16-9-15-13(17)8-14(18-15)12-7-3-5-10-4-1-2-6-11(10)12;1-4-7(5-2)6-3/h1-7,13-17H,8-9H2;1-3H/t13?,14-,15-;/m1./s1. The molecular formula is C21H19BO3. The zero-order valence-corrected chi connectivity index (χ0v) is 13.8. The molecule has 3 rings (SSSR count). The molecule has 3 atom stereocenters. The Labute approximate surface area is 149 Å². The first-order chi connectivity index (χ1) is 12.1. The van der Waals surface area contributed by atoms with E-state index in [1.165, 1.54) is 5.39 Å². The minimum atomic E-state index is -0.584. The number of aliphatic hydroxyl groups is 2. The summed E-state index contributed by atoms with van der Waals surface area (Å²) >= 11 is 0. The fraction of sp³-hybridized carbons (Fsp3) is 0.238. The molecule has 1 heterocycles. The van der Waals surface area contributed by atoms with Crippen LogP contribution in [0.1, 0.15) is 18.1 Å². The molecule has 124 valence electrons. The Bertz CT molecular complexity index is 802. The summed E-state index contributed by atoms with van der Waals surface area (Å²) in [5, 5.41) is 21.3. The van der Waals surface area contributed by atoms with Crippen molar-refractivity contribution in [1.29, 1.82) is 0 Å². The lowest BCUT2D eigenvalue weighted by atomic mass is 9.53. The first-order valence-electron chi connectivity index (χ1n) is 7.95. The van der Waals surface area contributed by atoms with Crippen LogP contribution in [0.4, 0.5) is 0 Å². The Morgan fingerprint density at radius 1 is 1.04 bits per heavy atom. The summed E-state index contributed by atoms with van der Waals surface area (Å²) in [6.07, 6.45) is 13.9. The van der Waals surface area contributed by atoms with E-state index in [1.807, 2.05) is 24.3 Å². The van der Waals surface area contributed by atoms with E-state index in [4.69, 9.17) is 29.1 Å². The molecule has 2 aromatic rings. The molecule has 0 radical (unpaired) electrons. The van der Waals surface area contributed by atoms with E-state index in [0.29, 0.717) is 6.42 Å². The molecule has 2 aromatic carbocycles. The van der Waals surface area contributed by atoms with E-state index in [-0.39, 0.29) is 12.7 Å². The van der Waals surface area contributed by atoms with Gasteiger partial charge in [-0.25, -0.2) is 0 Å². The molecule has 1 fully saturated rings. The summed E-state index contributed by atoms with van der Waals surface area (Å²) in [6.45, 7) is -0.567. The van der Waals surface area contributed by atoms with Crippen LogP contribution < -0.4 is 0 Å². The van der Waals surface area contributed by atoms with Crippen LogP contribution in [0.15, 0.2) is 42.5 Å². The molecule has 4 heteroatoms. The van der Waals surface area contributed by atoms with E-state index in [2.05, 4.69) is 35.7 Å². The van der Waals surface area contributed by atoms with Crippen LogP contribution in [-0.4, -0.2) is 35.7 Å². The van der Waals surface area contributed by atoms with Crippen LogP contribution in [0.2, 0.25) is 0 Å². The molecule has 0 aliphatic carbocycles. The Morgan fingerprint density at radius 2 is 1.68 bits per heavy atom. The van der Waals surface area contributed by atoms with Crippen LogP contribution in [0.5, 0.6) is 0 Å². The van der Waals surface area contributed by atoms with E-state index >= 15 is 0 Å². The third-order valence-electron chi connectivity index (χ3n) is 4.07. The van der Waals surface area contributed by atoms with Crippen LogP contribution in [0.3, 0.4) is 0 Å². The van der Waals surface area contributed by atoms with E-state index in [0.717, 1.165) is 10.9 Å². The highest BCUT2D eigenvalue weighted by molar-refractivity contribution is 6.82. The molecule has 0 spiro atoms. The molecule has 2 N–H and O–H groups in total. The second-order valence-corrected chi connectivity index (χ2v) is 5.65. The average Bonchev–Trinajstić information content (AvgIpc) is 3.04. The molecule has 0 saturated carbocycles. The van der Waals surface area contributed by atoms with Gasteiger partial charge >= 0.3 is 6.71 Å². The van der Waals surface area contributed by atoms with Gasteiger partial charge in [0.05, 0.1) is 18.8 Å². The highest BCUT2D eigenvalue weighted by Crippen LogP contribution is 2.36. The maximum absolute atomic E-state index is 9.81. The zero-order chi connectivity index (χ0) is 18.2. The Morgan fingerprint density at radius 3 is 2.24 bits per heavy atom. The normalized spacial score (nSPS) is 21.3. The fourth-order valence-corrected chi connectivity index (χ4v) is 2.77. The third kappa shape index (κ3) is 4.45. The van der Waals surface area contributed by atoms with Gasteiger partial charge in [0.15, 0.2) is 0 Å². The highest BCUT2D eigenvalue weighted by atomic mass is 16.5. The predicted molar refractivity (Wildman–Crippen MR) is 102 cm³/mol. The number of aliphatic hydroxyl groups excluding tert-OH is 2. The minimum Gasteiger partial charge on any atom is -0.394 e. The van der Waals surface area contributed by atoms with Gasteiger partial charge in [-0.15, -0.1) is 36.7 Å². The number of hydrogen-bond acceptors (Lipinski definition) is 3. The van der Waals surface area contributed by atoms with Crippen molar-refractivity contribution < 1.29 is 14.9 Å². The van der Waals surface area contributed by atoms with Crippen molar-refractivity contribution in [2.75, 3.05) is 6.61 Å². The summed E-state index contributed by atoms with van der Waals surface area (Å²) in [4.78, 5) is 0. The van der Waals surface area contributed by atoms with Crippen molar-refractivity contribution in [3.8, 4) is 36.7 Å². The molecule has 0 bridgehead atoms. The second-order valence-electron chi connectivity index (χ2n) is 5.65. The maximum atomic E-state index is 9.81. The predicted octanol–water partition coefficient (Wildman–Crippen LogP) is 2.02. The van der Waals surface area contributed by atoms with Gasteiger partial charge in [-0.3, -0.25) is 0 Å². The van der Waals surface area contributed by atoms with Crippen molar-refractivity contribution in [3.63, 3.8) is 0 Å². The van der Waals surface area contributed by atoms with Crippen LogP contribution >= 0.6 is 0 Å². The lowest BCUT2D eigenvalue weighted by molar-refractivity contribution is -0.0222. The molecule has 1 unspecified atom stereocenters. The Hall–Kier alpha value is -2.68. The summed E-state index contributed by atoms with van der Waals surface area (Å²) in [7, 11) is 0. The van der Waals surface area contributed by atoms with Crippen molar-refractivity contribution in [3.05, 3.63) is 48.0 Å². The van der Waals surface area contributed by atoms with E-state index in [1.54, 1.807) is 0 Å². The molecule has 0 aromatic heterocycles. The second kappa shape index (κ2) is 8.98. The number of benzene rings is 2. The van der Waals surface area contributed by atoms with E-state index < -0.39 is 18.9 Å². The lowest BCUT2D eigenvalue weighted by Crippen LogP contribution is -2.24. The quantitative estimate of drug-likeness (QED) is 0.654. The van der Waals surface area contributed by atoms with Gasteiger partial charge in [-0.1, -0.05) is 42.5 Å². The molecule has 1 saturated heterocycles. The van der Waals surface area contributed by atoms with E-state index in [9.17, 15) is 5.11 Å². The van der Waals surface area contributed by atoms with Gasteiger partial charge in [0.1, 0.15) is 6.10 Å². The average molecular weight is 330 g/mol. The first-order valence-corrected chi connectivity index (χ1v) is 7.95. The lowest BCUT2D eigenvalue weighted by Gasteiger charge is -2.14. The molecule has 3 nitrogen and oxygen atoms in total. The molecule has 1 aliphatic heterocycles. The van der Waals surface area contributed by atoms with Crippen LogP contribution in [-0.2, 0) is 4.74 Å². The number of hydrogen-bond donors (Lipinski definition) is 2. The summed E-state index contributed by atoms with van der Waals surface area (Å²) in [5.74, 6) is 6.69. The first kappa shape index (κ1) is 18.7. The monoisotopic (exact) mass is 330 g/mol. The molecule has 0 amide bonds. The molecular weight excluding hydrogens is 311 g/mol. The van der Waals surface area contributed by atoms with Gasteiger partial charge < -0.3 is 14.9 Å². The van der Waals surface area contributed by atoms with Crippen molar-refractivity contribution >= 4 is 17.5 Å². The number of terminal acetylenes is 3. The number of ether oxygens (including phenoxy) is 1.